The van der Waals surface area contributed by atoms with Crippen LogP contribution in [0.3, 0.4) is 0 Å². The van der Waals surface area contributed by atoms with Gasteiger partial charge < -0.3 is 15.7 Å². The molecule has 1 aliphatic rings. The fourth-order valence-corrected chi connectivity index (χ4v) is 5.22. The fourth-order valence-electron chi connectivity index (χ4n) is 5.22. The molecule has 7 heteroatoms. The summed E-state index contributed by atoms with van der Waals surface area (Å²) < 4.78 is 0. The number of nitrogens with zero attached hydrogens (tertiary/aromatic N) is 1. The number of benzene rings is 2. The van der Waals surface area contributed by atoms with Gasteiger partial charge in [0.25, 0.3) is 0 Å². The lowest BCUT2D eigenvalue weighted by Gasteiger charge is -2.44. The fraction of sp³-hybridized carbons (Fsp3) is 0.333. The van der Waals surface area contributed by atoms with Gasteiger partial charge in [0.1, 0.15) is 11.7 Å². The number of rotatable bonds is 5. The van der Waals surface area contributed by atoms with Crippen LogP contribution in [0.2, 0.25) is 0 Å². The van der Waals surface area contributed by atoms with E-state index in [-0.39, 0.29) is 6.42 Å². The first-order valence-electron chi connectivity index (χ1n) is 12.4. The predicted molar refractivity (Wildman–Crippen MR) is 143 cm³/mol. The van der Waals surface area contributed by atoms with Crippen molar-refractivity contribution in [3.63, 3.8) is 0 Å². The van der Waals surface area contributed by atoms with E-state index in [0.717, 1.165) is 22.3 Å². The van der Waals surface area contributed by atoms with Gasteiger partial charge in [0, 0.05) is 35.6 Å². The average molecular weight is 500 g/mol. The number of aryl methyl sites for hydroxylation is 2. The summed E-state index contributed by atoms with van der Waals surface area (Å²) in [5.74, 6) is -4.69. The summed E-state index contributed by atoms with van der Waals surface area (Å²) >= 11 is 0. The first kappa shape index (κ1) is 26.2. The van der Waals surface area contributed by atoms with Gasteiger partial charge in [-0.15, -0.1) is 0 Å². The van der Waals surface area contributed by atoms with Gasteiger partial charge in [-0.1, -0.05) is 30.3 Å². The van der Waals surface area contributed by atoms with Crippen LogP contribution in [0.15, 0.2) is 60.8 Å². The van der Waals surface area contributed by atoms with Crippen LogP contribution in [-0.2, 0) is 14.4 Å². The zero-order valence-corrected chi connectivity index (χ0v) is 21.8. The zero-order valence-electron chi connectivity index (χ0n) is 21.8. The van der Waals surface area contributed by atoms with Gasteiger partial charge in [-0.3, -0.25) is 19.4 Å². The molecular formula is C30H33N3O4. The van der Waals surface area contributed by atoms with E-state index in [2.05, 4.69) is 15.6 Å². The van der Waals surface area contributed by atoms with Crippen molar-refractivity contribution >= 4 is 29.0 Å². The monoisotopic (exact) mass is 499 g/mol. The summed E-state index contributed by atoms with van der Waals surface area (Å²) in [5, 5.41) is 17.3. The number of hydrogen-bond donors (Lipinski definition) is 3. The summed E-state index contributed by atoms with van der Waals surface area (Å²) in [4.78, 5) is 45.4. The molecule has 4 rings (SSSR count). The van der Waals surface area contributed by atoms with Gasteiger partial charge in [0.15, 0.2) is 0 Å². The first-order valence-corrected chi connectivity index (χ1v) is 12.4. The molecule has 0 spiro atoms. The maximum atomic E-state index is 13.8. The van der Waals surface area contributed by atoms with E-state index < -0.39 is 41.0 Å². The smallest absolute Gasteiger partial charge is 0.235 e. The molecule has 1 heterocycles. The van der Waals surface area contributed by atoms with Gasteiger partial charge in [0.2, 0.25) is 11.8 Å². The van der Waals surface area contributed by atoms with Gasteiger partial charge in [-0.05, 0) is 81.1 Å². The Bertz CT molecular complexity index is 1350. The highest BCUT2D eigenvalue weighted by Gasteiger charge is 2.56. The number of Topliss-reactive ketones (excluding diaryl/α,β-unsaturated/α-hetero) is 1. The molecule has 4 unspecified atom stereocenters. The summed E-state index contributed by atoms with van der Waals surface area (Å²) in [6.45, 7) is 9.18. The van der Waals surface area contributed by atoms with Crippen molar-refractivity contribution in [2.24, 2.45) is 11.8 Å². The number of aromatic nitrogens is 1. The standard InChI is InChI=1S/C30H33N3O4/c1-17-10-8-13-21(19(17)3)32-28(35)26-24(34)16-30(5,37)27(25(26)23-12-6-7-15-31-23)29(36)33-22-14-9-11-18(2)20(22)4/h6-15,25-27,37H,16H2,1-5H3,(H,32,35)(H,33,36). The normalized spacial score (nSPS) is 23.4. The number of nitrogens with one attached hydrogen (secondary N) is 2. The van der Waals surface area contributed by atoms with Crippen LogP contribution in [0.25, 0.3) is 0 Å². The molecule has 0 bridgehead atoms. The van der Waals surface area contributed by atoms with E-state index in [1.54, 1.807) is 36.5 Å². The minimum absolute atomic E-state index is 0.327. The molecule has 1 aromatic heterocycles. The van der Waals surface area contributed by atoms with Crippen molar-refractivity contribution in [2.75, 3.05) is 10.6 Å². The molecule has 1 aliphatic carbocycles. The second-order valence-electron chi connectivity index (χ2n) is 10.2. The number of ketones is 1. The number of pyridine rings is 1. The van der Waals surface area contributed by atoms with Gasteiger partial charge in [0.05, 0.1) is 11.5 Å². The number of carbonyl (C=O) groups excluding carboxylic acids is 3. The van der Waals surface area contributed by atoms with Crippen LogP contribution in [0.5, 0.6) is 0 Å². The van der Waals surface area contributed by atoms with Crippen LogP contribution < -0.4 is 10.6 Å². The Labute approximate surface area is 217 Å². The first-order chi connectivity index (χ1) is 17.5. The summed E-state index contributed by atoms with van der Waals surface area (Å²) in [6, 6.07) is 16.3. The van der Waals surface area contributed by atoms with Crippen LogP contribution in [0.4, 0.5) is 11.4 Å². The third kappa shape index (κ3) is 5.18. The lowest BCUT2D eigenvalue weighted by atomic mass is 9.62. The molecule has 4 atom stereocenters. The van der Waals surface area contributed by atoms with Gasteiger partial charge >= 0.3 is 0 Å². The predicted octanol–water partition coefficient (Wildman–Crippen LogP) is 4.63. The van der Waals surface area contributed by atoms with Crippen molar-refractivity contribution in [2.45, 2.75) is 52.6 Å². The number of hydrogen-bond acceptors (Lipinski definition) is 5. The topological polar surface area (TPSA) is 108 Å². The second kappa shape index (κ2) is 10.3. The van der Waals surface area contributed by atoms with Crippen molar-refractivity contribution in [1.82, 2.24) is 4.98 Å². The highest BCUT2D eigenvalue weighted by molar-refractivity contribution is 6.10. The maximum absolute atomic E-state index is 13.8. The van der Waals surface area contributed by atoms with E-state index in [9.17, 15) is 19.5 Å². The summed E-state index contributed by atoms with van der Waals surface area (Å²) in [5.41, 5.74) is 3.75. The molecule has 3 N–H and O–H groups in total. The molecule has 0 aliphatic heterocycles. The molecule has 2 aromatic carbocycles. The molecule has 1 fully saturated rings. The van der Waals surface area contributed by atoms with E-state index in [4.69, 9.17) is 0 Å². The Hall–Kier alpha value is -3.84. The molecule has 2 amide bonds. The number of carbonyl (C=O) groups is 3. The van der Waals surface area contributed by atoms with Crippen molar-refractivity contribution in [1.29, 1.82) is 0 Å². The lowest BCUT2D eigenvalue weighted by Crippen LogP contribution is -2.56. The lowest BCUT2D eigenvalue weighted by molar-refractivity contribution is -0.151. The Morgan fingerprint density at radius 1 is 0.865 bits per heavy atom. The Kier molecular flexibility index (Phi) is 7.28. The zero-order chi connectivity index (χ0) is 26.9. The van der Waals surface area contributed by atoms with Crippen LogP contribution in [0.1, 0.15) is 47.2 Å². The molecule has 7 nitrogen and oxygen atoms in total. The molecule has 0 saturated heterocycles. The minimum atomic E-state index is -1.68. The van der Waals surface area contributed by atoms with Crippen molar-refractivity contribution in [3.05, 3.63) is 88.7 Å². The van der Waals surface area contributed by atoms with E-state index >= 15 is 0 Å². The SMILES string of the molecule is Cc1cccc(NC(=O)C2C(=O)CC(C)(O)C(C(=O)Nc3cccc(C)c3C)C2c2ccccn2)c1C. The largest absolute Gasteiger partial charge is 0.389 e. The third-order valence-corrected chi connectivity index (χ3v) is 7.59. The molecule has 0 radical (unpaired) electrons. The van der Waals surface area contributed by atoms with E-state index in [1.807, 2.05) is 52.0 Å². The van der Waals surface area contributed by atoms with E-state index in [0.29, 0.717) is 17.1 Å². The Morgan fingerprint density at radius 2 is 1.43 bits per heavy atom. The highest BCUT2D eigenvalue weighted by atomic mass is 16.3. The molecule has 3 aromatic rings. The van der Waals surface area contributed by atoms with Crippen molar-refractivity contribution in [3.8, 4) is 0 Å². The summed E-state index contributed by atoms with van der Waals surface area (Å²) in [7, 11) is 0. The quantitative estimate of drug-likeness (QED) is 0.444. The van der Waals surface area contributed by atoms with Gasteiger partial charge in [-0.2, -0.15) is 0 Å². The molecule has 37 heavy (non-hydrogen) atoms. The van der Waals surface area contributed by atoms with Crippen LogP contribution in [0, 0.1) is 39.5 Å². The molecular weight excluding hydrogens is 466 g/mol. The van der Waals surface area contributed by atoms with Gasteiger partial charge in [-0.25, -0.2) is 0 Å². The van der Waals surface area contributed by atoms with Crippen LogP contribution in [-0.4, -0.2) is 33.3 Å². The number of amides is 2. The third-order valence-electron chi connectivity index (χ3n) is 7.59. The van der Waals surface area contributed by atoms with E-state index in [1.165, 1.54) is 6.92 Å². The second-order valence-corrected chi connectivity index (χ2v) is 10.2. The average Bonchev–Trinajstić information content (AvgIpc) is 2.84. The molecule has 1 saturated carbocycles. The molecule has 192 valence electrons. The summed E-state index contributed by atoms with van der Waals surface area (Å²) in [6.07, 6.45) is 1.23. The Balaban J connectivity index is 1.77. The highest BCUT2D eigenvalue weighted by Crippen LogP contribution is 2.46. The van der Waals surface area contributed by atoms with Crippen molar-refractivity contribution < 1.29 is 19.5 Å². The number of anilines is 2. The number of aliphatic hydroxyl groups is 1. The van der Waals surface area contributed by atoms with Crippen LogP contribution >= 0.6 is 0 Å². The maximum Gasteiger partial charge on any atom is 0.235 e. The minimum Gasteiger partial charge on any atom is -0.389 e. The Morgan fingerprint density at radius 3 is 1.97 bits per heavy atom.